The Kier molecular flexibility index (Phi) is 4.79. The van der Waals surface area contributed by atoms with Crippen molar-refractivity contribution >= 4 is 15.7 Å². The minimum Gasteiger partial charge on any atom is -0.384 e. The van der Waals surface area contributed by atoms with Crippen molar-refractivity contribution in [3.05, 3.63) is 24.3 Å². The molecular formula is C13H21N3O2S. The quantitative estimate of drug-likeness (QED) is 0.732. The summed E-state index contributed by atoms with van der Waals surface area (Å²) in [6.45, 7) is 1.86. The van der Waals surface area contributed by atoms with Gasteiger partial charge in [-0.2, -0.15) is 0 Å². The van der Waals surface area contributed by atoms with Gasteiger partial charge in [0.15, 0.2) is 0 Å². The fourth-order valence-electron chi connectivity index (χ4n) is 2.34. The van der Waals surface area contributed by atoms with E-state index in [9.17, 15) is 8.42 Å². The normalized spacial score (nSPS) is 19.5. The van der Waals surface area contributed by atoms with Gasteiger partial charge in [-0.15, -0.1) is 0 Å². The molecule has 1 heterocycles. The van der Waals surface area contributed by atoms with Crippen molar-refractivity contribution in [3.8, 4) is 0 Å². The van der Waals surface area contributed by atoms with Gasteiger partial charge in [-0.1, -0.05) is 12.1 Å². The van der Waals surface area contributed by atoms with Gasteiger partial charge in [-0.3, -0.25) is 0 Å². The van der Waals surface area contributed by atoms with Crippen molar-refractivity contribution in [2.75, 3.05) is 25.5 Å². The molecule has 0 unspecified atom stereocenters. The van der Waals surface area contributed by atoms with E-state index in [1.54, 1.807) is 18.2 Å². The molecule has 19 heavy (non-hydrogen) atoms. The first-order valence-electron chi connectivity index (χ1n) is 6.63. The van der Waals surface area contributed by atoms with E-state index in [0.717, 1.165) is 19.5 Å². The third-order valence-corrected chi connectivity index (χ3v) is 4.89. The zero-order chi connectivity index (χ0) is 13.7. The summed E-state index contributed by atoms with van der Waals surface area (Å²) >= 11 is 0. The first-order valence-corrected chi connectivity index (χ1v) is 8.11. The summed E-state index contributed by atoms with van der Waals surface area (Å²) < 4.78 is 26.1. The van der Waals surface area contributed by atoms with Gasteiger partial charge in [-0.05, 0) is 45.0 Å². The molecule has 0 aliphatic carbocycles. The predicted octanol–water partition coefficient (Wildman–Crippen LogP) is 1.15. The third-order valence-electron chi connectivity index (χ3n) is 3.42. The number of hydrogen-bond donors (Lipinski definition) is 3. The molecule has 3 N–H and O–H groups in total. The van der Waals surface area contributed by atoms with E-state index in [0.29, 0.717) is 16.6 Å². The Morgan fingerprint density at radius 2 is 2.16 bits per heavy atom. The van der Waals surface area contributed by atoms with E-state index in [1.165, 1.54) is 19.9 Å². The van der Waals surface area contributed by atoms with E-state index in [1.807, 2.05) is 6.07 Å². The molecule has 0 spiro atoms. The monoisotopic (exact) mass is 283 g/mol. The van der Waals surface area contributed by atoms with E-state index in [2.05, 4.69) is 15.4 Å². The molecule has 1 atom stereocenters. The summed E-state index contributed by atoms with van der Waals surface area (Å²) in [5.74, 6) is 0. The van der Waals surface area contributed by atoms with Gasteiger partial charge in [0.05, 0.1) is 5.69 Å². The van der Waals surface area contributed by atoms with Crippen LogP contribution in [0.2, 0.25) is 0 Å². The van der Waals surface area contributed by atoms with Crippen LogP contribution >= 0.6 is 0 Å². The van der Waals surface area contributed by atoms with Crippen LogP contribution in [-0.4, -0.2) is 34.6 Å². The molecule has 1 fully saturated rings. The highest BCUT2D eigenvalue weighted by Crippen LogP contribution is 2.20. The number of para-hydroxylation sites is 1. The number of anilines is 1. The topological polar surface area (TPSA) is 70.2 Å². The van der Waals surface area contributed by atoms with Gasteiger partial charge in [0, 0.05) is 12.6 Å². The second kappa shape index (κ2) is 6.36. The lowest BCUT2D eigenvalue weighted by atomic mass is 10.1. The Bertz CT molecular complexity index is 510. The average Bonchev–Trinajstić information content (AvgIpc) is 2.92. The van der Waals surface area contributed by atoms with Crippen LogP contribution in [0, 0.1) is 0 Å². The molecule has 0 amide bonds. The van der Waals surface area contributed by atoms with E-state index in [4.69, 9.17) is 0 Å². The van der Waals surface area contributed by atoms with Gasteiger partial charge in [0.2, 0.25) is 10.0 Å². The molecule has 1 aromatic carbocycles. The first-order chi connectivity index (χ1) is 9.13. The Morgan fingerprint density at radius 3 is 2.84 bits per heavy atom. The van der Waals surface area contributed by atoms with E-state index in [-0.39, 0.29) is 0 Å². The van der Waals surface area contributed by atoms with Crippen LogP contribution in [0.25, 0.3) is 0 Å². The summed E-state index contributed by atoms with van der Waals surface area (Å²) in [6.07, 6.45) is 3.45. The molecule has 106 valence electrons. The molecule has 1 aromatic rings. The van der Waals surface area contributed by atoms with Crippen LogP contribution in [0.4, 0.5) is 5.69 Å². The Labute approximate surface area is 114 Å². The van der Waals surface area contributed by atoms with Crippen LogP contribution in [0.15, 0.2) is 29.2 Å². The highest BCUT2D eigenvalue weighted by Gasteiger charge is 2.17. The van der Waals surface area contributed by atoms with Crippen molar-refractivity contribution < 1.29 is 8.42 Å². The summed E-state index contributed by atoms with van der Waals surface area (Å²) in [6, 6.07) is 7.54. The second-order valence-electron chi connectivity index (χ2n) is 4.71. The lowest BCUT2D eigenvalue weighted by Gasteiger charge is -2.14. The average molecular weight is 283 g/mol. The molecule has 6 heteroatoms. The van der Waals surface area contributed by atoms with E-state index >= 15 is 0 Å². The Balaban J connectivity index is 1.99. The summed E-state index contributed by atoms with van der Waals surface area (Å²) in [7, 11) is -1.98. The molecule has 0 bridgehead atoms. The molecule has 5 nitrogen and oxygen atoms in total. The Hall–Kier alpha value is -1.11. The summed E-state index contributed by atoms with van der Waals surface area (Å²) in [5.41, 5.74) is 0.662. The SMILES string of the molecule is CNS(=O)(=O)c1ccccc1NCC[C@@H]1CCCN1. The van der Waals surface area contributed by atoms with Gasteiger partial charge in [0.1, 0.15) is 4.90 Å². The van der Waals surface area contributed by atoms with E-state index < -0.39 is 10.0 Å². The number of nitrogens with one attached hydrogen (secondary N) is 3. The Morgan fingerprint density at radius 1 is 1.37 bits per heavy atom. The highest BCUT2D eigenvalue weighted by molar-refractivity contribution is 7.89. The van der Waals surface area contributed by atoms with Crippen molar-refractivity contribution in [1.29, 1.82) is 0 Å². The number of sulfonamides is 1. The maximum atomic E-state index is 11.9. The van der Waals surface area contributed by atoms with Crippen molar-refractivity contribution in [3.63, 3.8) is 0 Å². The number of hydrogen-bond acceptors (Lipinski definition) is 4. The largest absolute Gasteiger partial charge is 0.384 e. The maximum absolute atomic E-state index is 11.9. The molecular weight excluding hydrogens is 262 g/mol. The summed E-state index contributed by atoms with van der Waals surface area (Å²) in [5, 5.41) is 6.65. The number of rotatable bonds is 6. The second-order valence-corrected chi connectivity index (χ2v) is 6.57. The van der Waals surface area contributed by atoms with Crippen molar-refractivity contribution in [2.45, 2.75) is 30.2 Å². The number of benzene rings is 1. The molecule has 0 saturated carbocycles. The highest BCUT2D eigenvalue weighted by atomic mass is 32.2. The van der Waals surface area contributed by atoms with Gasteiger partial charge in [-0.25, -0.2) is 13.1 Å². The third kappa shape index (κ3) is 3.68. The van der Waals surface area contributed by atoms with Crippen LogP contribution in [-0.2, 0) is 10.0 Å². The maximum Gasteiger partial charge on any atom is 0.242 e. The van der Waals surface area contributed by atoms with Crippen molar-refractivity contribution in [2.24, 2.45) is 0 Å². The fourth-order valence-corrected chi connectivity index (χ4v) is 3.25. The van der Waals surface area contributed by atoms with Gasteiger partial charge < -0.3 is 10.6 Å². The van der Waals surface area contributed by atoms with Gasteiger partial charge >= 0.3 is 0 Å². The summed E-state index contributed by atoms with van der Waals surface area (Å²) in [4.78, 5) is 0.303. The lowest BCUT2D eigenvalue weighted by Crippen LogP contribution is -2.25. The van der Waals surface area contributed by atoms with Crippen LogP contribution in [0.1, 0.15) is 19.3 Å². The minimum absolute atomic E-state index is 0.303. The van der Waals surface area contributed by atoms with Crippen LogP contribution in [0.3, 0.4) is 0 Å². The zero-order valence-electron chi connectivity index (χ0n) is 11.1. The van der Waals surface area contributed by atoms with Gasteiger partial charge in [0.25, 0.3) is 0 Å². The van der Waals surface area contributed by atoms with Crippen LogP contribution in [0.5, 0.6) is 0 Å². The molecule has 1 aliphatic heterocycles. The smallest absolute Gasteiger partial charge is 0.242 e. The molecule has 0 radical (unpaired) electrons. The molecule has 1 saturated heterocycles. The minimum atomic E-state index is -3.41. The standard InChI is InChI=1S/C13H21N3O2S/c1-14-19(17,18)13-7-3-2-6-12(13)16-10-8-11-5-4-9-15-11/h2-3,6-7,11,14-16H,4-5,8-10H2,1H3/t11-/m0/s1. The van der Waals surface area contributed by atoms with Crippen molar-refractivity contribution in [1.82, 2.24) is 10.0 Å². The first kappa shape index (κ1) is 14.3. The predicted molar refractivity (Wildman–Crippen MR) is 76.8 cm³/mol. The molecule has 1 aliphatic rings. The lowest BCUT2D eigenvalue weighted by molar-refractivity contribution is 0.573. The zero-order valence-corrected chi connectivity index (χ0v) is 12.0. The molecule has 0 aromatic heterocycles. The fraction of sp³-hybridized carbons (Fsp3) is 0.538. The molecule has 2 rings (SSSR count). The van der Waals surface area contributed by atoms with Crippen LogP contribution < -0.4 is 15.4 Å².